The van der Waals surface area contributed by atoms with Gasteiger partial charge in [-0.2, -0.15) is 16.1 Å². The Bertz CT molecular complexity index is 596. The predicted molar refractivity (Wildman–Crippen MR) is 70.8 cm³/mol. The molecule has 0 amide bonds. The first-order valence-electron chi connectivity index (χ1n) is 5.48. The minimum absolute atomic E-state index is 0.163. The second kappa shape index (κ2) is 5.35. The van der Waals surface area contributed by atoms with E-state index in [2.05, 4.69) is 0 Å². The maximum Gasteiger partial charge on any atom is 0.312 e. The summed E-state index contributed by atoms with van der Waals surface area (Å²) in [4.78, 5) is 9.74. The highest BCUT2D eigenvalue weighted by molar-refractivity contribution is 7.99. The second-order valence-electron chi connectivity index (χ2n) is 3.92. The van der Waals surface area contributed by atoms with Crippen molar-refractivity contribution in [2.45, 2.75) is 4.90 Å². The van der Waals surface area contributed by atoms with Crippen LogP contribution in [0.5, 0.6) is 5.75 Å². The number of nitro groups is 1. The van der Waals surface area contributed by atoms with Crippen LogP contribution in [-0.4, -0.2) is 47.3 Å². The zero-order valence-electron chi connectivity index (χ0n) is 9.85. The fourth-order valence-corrected chi connectivity index (χ4v) is 4.34. The first-order chi connectivity index (χ1) is 8.93. The van der Waals surface area contributed by atoms with Crippen LogP contribution < -0.4 is 0 Å². The van der Waals surface area contributed by atoms with E-state index in [0.717, 1.165) is 12.1 Å². The summed E-state index contributed by atoms with van der Waals surface area (Å²) in [6.45, 7) is 0.781. The number of benzene rings is 1. The van der Waals surface area contributed by atoms with Gasteiger partial charge in [-0.25, -0.2) is 8.42 Å². The average Bonchev–Trinajstić information content (AvgIpc) is 2.39. The fraction of sp³-hybridized carbons (Fsp3) is 0.400. The van der Waals surface area contributed by atoms with Gasteiger partial charge in [0.15, 0.2) is 5.75 Å². The summed E-state index contributed by atoms with van der Waals surface area (Å²) in [6, 6.07) is 3.11. The van der Waals surface area contributed by atoms with Gasteiger partial charge >= 0.3 is 5.69 Å². The minimum atomic E-state index is -3.73. The SMILES string of the molecule is O=[N+]([O-])c1cc(S(=O)(=O)N2CCSCC2)ccc1O. The van der Waals surface area contributed by atoms with Gasteiger partial charge in [0.25, 0.3) is 0 Å². The van der Waals surface area contributed by atoms with Crippen molar-refractivity contribution in [1.29, 1.82) is 0 Å². The van der Waals surface area contributed by atoms with Gasteiger partial charge in [-0.1, -0.05) is 0 Å². The zero-order valence-corrected chi connectivity index (χ0v) is 11.5. The van der Waals surface area contributed by atoms with Gasteiger partial charge in [-0.15, -0.1) is 0 Å². The van der Waals surface area contributed by atoms with Crippen molar-refractivity contribution in [1.82, 2.24) is 4.31 Å². The van der Waals surface area contributed by atoms with Gasteiger partial charge in [0, 0.05) is 30.7 Å². The lowest BCUT2D eigenvalue weighted by Gasteiger charge is -2.25. The summed E-state index contributed by atoms with van der Waals surface area (Å²) in [5, 5.41) is 20.0. The van der Waals surface area contributed by atoms with Crippen molar-refractivity contribution >= 4 is 27.5 Å². The van der Waals surface area contributed by atoms with Crippen LogP contribution >= 0.6 is 11.8 Å². The molecule has 19 heavy (non-hydrogen) atoms. The van der Waals surface area contributed by atoms with Crippen LogP contribution in [-0.2, 0) is 10.0 Å². The topological polar surface area (TPSA) is 101 Å². The molecule has 2 rings (SSSR count). The zero-order chi connectivity index (χ0) is 14.0. The van der Waals surface area contributed by atoms with Crippen LogP contribution in [0.25, 0.3) is 0 Å². The number of phenolic OH excluding ortho intramolecular Hbond substituents is 1. The standard InChI is InChI=1S/C10H12N2O5S2/c13-10-2-1-8(7-9(10)12(14)15)19(16,17)11-3-5-18-6-4-11/h1-2,7,13H,3-6H2. The number of sulfonamides is 1. The molecule has 0 aliphatic carbocycles. The Morgan fingerprint density at radius 3 is 2.53 bits per heavy atom. The largest absolute Gasteiger partial charge is 0.502 e. The summed E-state index contributed by atoms with van der Waals surface area (Å²) in [5.74, 6) is 0.872. The minimum Gasteiger partial charge on any atom is -0.502 e. The first-order valence-corrected chi connectivity index (χ1v) is 8.07. The lowest BCUT2D eigenvalue weighted by atomic mass is 10.3. The van der Waals surface area contributed by atoms with E-state index in [4.69, 9.17) is 0 Å². The summed E-state index contributed by atoms with van der Waals surface area (Å²) >= 11 is 1.67. The van der Waals surface area contributed by atoms with Crippen molar-refractivity contribution in [3.05, 3.63) is 28.3 Å². The van der Waals surface area contributed by atoms with E-state index in [1.54, 1.807) is 11.8 Å². The number of aromatic hydroxyl groups is 1. The maximum absolute atomic E-state index is 12.3. The Hall–Kier alpha value is -1.32. The Morgan fingerprint density at radius 2 is 1.95 bits per heavy atom. The van der Waals surface area contributed by atoms with Crippen LogP contribution in [0.3, 0.4) is 0 Å². The molecular weight excluding hydrogens is 292 g/mol. The lowest BCUT2D eigenvalue weighted by molar-refractivity contribution is -0.386. The molecule has 1 N–H and O–H groups in total. The smallest absolute Gasteiger partial charge is 0.312 e. The third kappa shape index (κ3) is 2.82. The molecule has 0 bridgehead atoms. The molecule has 1 aromatic carbocycles. The molecule has 7 nitrogen and oxygen atoms in total. The number of rotatable bonds is 3. The molecule has 1 aliphatic rings. The van der Waals surface area contributed by atoms with E-state index in [1.807, 2.05) is 0 Å². The van der Waals surface area contributed by atoms with Gasteiger partial charge in [0.2, 0.25) is 10.0 Å². The molecule has 0 aromatic heterocycles. The predicted octanol–water partition coefficient (Wildman–Crippen LogP) is 1.04. The van der Waals surface area contributed by atoms with E-state index in [9.17, 15) is 23.6 Å². The van der Waals surface area contributed by atoms with E-state index >= 15 is 0 Å². The number of hydrogen-bond donors (Lipinski definition) is 1. The third-order valence-corrected chi connectivity index (χ3v) is 5.59. The normalized spacial score (nSPS) is 17.3. The van der Waals surface area contributed by atoms with E-state index < -0.39 is 26.4 Å². The quantitative estimate of drug-likeness (QED) is 0.661. The summed E-state index contributed by atoms with van der Waals surface area (Å²) in [7, 11) is -3.73. The van der Waals surface area contributed by atoms with Gasteiger partial charge in [-0.3, -0.25) is 10.1 Å². The van der Waals surface area contributed by atoms with Crippen molar-refractivity contribution in [3.8, 4) is 5.75 Å². The van der Waals surface area contributed by atoms with E-state index in [0.29, 0.717) is 24.6 Å². The molecule has 1 saturated heterocycles. The van der Waals surface area contributed by atoms with Crippen molar-refractivity contribution in [2.24, 2.45) is 0 Å². The third-order valence-electron chi connectivity index (χ3n) is 2.75. The molecule has 0 atom stereocenters. The molecule has 0 unspecified atom stereocenters. The number of hydrogen-bond acceptors (Lipinski definition) is 6. The van der Waals surface area contributed by atoms with Crippen molar-refractivity contribution in [3.63, 3.8) is 0 Å². The molecule has 0 spiro atoms. The maximum atomic E-state index is 12.3. The number of nitro benzene ring substituents is 1. The summed E-state index contributed by atoms with van der Waals surface area (Å²) < 4.78 is 25.9. The fourth-order valence-electron chi connectivity index (χ4n) is 1.75. The van der Waals surface area contributed by atoms with Gasteiger partial charge in [-0.05, 0) is 12.1 Å². The Morgan fingerprint density at radius 1 is 1.32 bits per heavy atom. The van der Waals surface area contributed by atoms with Crippen LogP contribution in [0.4, 0.5) is 5.69 Å². The van der Waals surface area contributed by atoms with Crippen LogP contribution in [0.1, 0.15) is 0 Å². The van der Waals surface area contributed by atoms with Crippen LogP contribution in [0, 0.1) is 10.1 Å². The lowest BCUT2D eigenvalue weighted by Crippen LogP contribution is -2.37. The number of thioether (sulfide) groups is 1. The summed E-state index contributed by atoms with van der Waals surface area (Å²) in [5.41, 5.74) is -0.604. The highest BCUT2D eigenvalue weighted by atomic mass is 32.2. The Balaban J connectivity index is 2.40. The average molecular weight is 304 g/mol. The molecule has 0 radical (unpaired) electrons. The van der Waals surface area contributed by atoms with Crippen LogP contribution in [0.2, 0.25) is 0 Å². The molecule has 1 heterocycles. The molecule has 1 aliphatic heterocycles. The summed E-state index contributed by atoms with van der Waals surface area (Å²) in [6.07, 6.45) is 0. The Labute approximate surface area is 114 Å². The highest BCUT2D eigenvalue weighted by Crippen LogP contribution is 2.30. The number of nitrogens with zero attached hydrogens (tertiary/aromatic N) is 2. The first kappa shape index (κ1) is 14.1. The van der Waals surface area contributed by atoms with E-state index in [1.165, 1.54) is 10.4 Å². The Kier molecular flexibility index (Phi) is 3.97. The van der Waals surface area contributed by atoms with Crippen LogP contribution in [0.15, 0.2) is 23.1 Å². The monoisotopic (exact) mass is 304 g/mol. The van der Waals surface area contributed by atoms with E-state index in [-0.39, 0.29) is 4.90 Å². The molecular formula is C10H12N2O5S2. The number of phenols is 1. The van der Waals surface area contributed by atoms with Gasteiger partial charge in [0.05, 0.1) is 9.82 Å². The molecule has 1 aromatic rings. The highest BCUT2D eigenvalue weighted by Gasteiger charge is 2.28. The molecule has 1 fully saturated rings. The van der Waals surface area contributed by atoms with Crippen molar-refractivity contribution in [2.75, 3.05) is 24.6 Å². The molecule has 104 valence electrons. The molecule has 0 saturated carbocycles. The van der Waals surface area contributed by atoms with Gasteiger partial charge in [0.1, 0.15) is 0 Å². The van der Waals surface area contributed by atoms with Crippen molar-refractivity contribution < 1.29 is 18.4 Å². The molecule has 9 heteroatoms. The van der Waals surface area contributed by atoms with Gasteiger partial charge < -0.3 is 5.11 Å². The second-order valence-corrected chi connectivity index (χ2v) is 7.09.